The summed E-state index contributed by atoms with van der Waals surface area (Å²) in [5.41, 5.74) is 2.96. The average Bonchev–Trinajstić information content (AvgIpc) is 2.81. The molecule has 1 aliphatic heterocycles. The van der Waals surface area contributed by atoms with Crippen LogP contribution < -0.4 is 14.2 Å². The summed E-state index contributed by atoms with van der Waals surface area (Å²) in [5, 5.41) is 0.871. The van der Waals surface area contributed by atoms with Crippen molar-refractivity contribution in [3.63, 3.8) is 0 Å². The summed E-state index contributed by atoms with van der Waals surface area (Å²) in [6.07, 6.45) is 5.71. The topological polar surface area (TPSA) is 60.9 Å². The summed E-state index contributed by atoms with van der Waals surface area (Å²) in [6, 6.07) is 13.4. The Balaban J connectivity index is 1.83. The van der Waals surface area contributed by atoms with Crippen molar-refractivity contribution in [2.45, 2.75) is 32.1 Å². The molecular weight excluding hydrogens is 404 g/mol. The summed E-state index contributed by atoms with van der Waals surface area (Å²) in [4.78, 5) is 20.5. The van der Waals surface area contributed by atoms with E-state index in [1.54, 1.807) is 21.3 Å². The first-order valence-electron chi connectivity index (χ1n) is 11.2. The number of hydrogen-bond donors (Lipinski definition) is 0. The first-order valence-corrected chi connectivity index (χ1v) is 11.2. The lowest BCUT2D eigenvalue weighted by molar-refractivity contribution is 0.0744. The van der Waals surface area contributed by atoms with E-state index in [-0.39, 0.29) is 5.91 Å². The Morgan fingerprint density at radius 3 is 2.09 bits per heavy atom. The Hall–Kier alpha value is -3.28. The molecule has 1 aliphatic rings. The maximum absolute atomic E-state index is 13.6. The van der Waals surface area contributed by atoms with Crippen molar-refractivity contribution >= 4 is 16.8 Å². The molecule has 1 fully saturated rings. The van der Waals surface area contributed by atoms with Gasteiger partial charge in [-0.25, -0.2) is 4.98 Å². The number of carbonyl (C=O) groups is 1. The normalized spacial score (nSPS) is 14.5. The van der Waals surface area contributed by atoms with E-state index in [4.69, 9.17) is 19.2 Å². The van der Waals surface area contributed by atoms with Crippen LogP contribution in [0, 0.1) is 0 Å². The predicted octanol–water partition coefficient (Wildman–Crippen LogP) is 5.33. The van der Waals surface area contributed by atoms with Crippen LogP contribution in [-0.2, 0) is 0 Å². The van der Waals surface area contributed by atoms with Crippen LogP contribution in [-0.4, -0.2) is 50.2 Å². The molecule has 0 radical (unpaired) electrons. The first kappa shape index (κ1) is 21.9. The van der Waals surface area contributed by atoms with Gasteiger partial charge in [0, 0.05) is 24.0 Å². The Morgan fingerprint density at radius 1 is 0.844 bits per heavy atom. The van der Waals surface area contributed by atoms with Crippen LogP contribution >= 0.6 is 0 Å². The highest BCUT2D eigenvalue weighted by molar-refractivity contribution is 6.07. The number of fused-ring (bicyclic) bond motifs is 1. The number of amides is 1. The minimum atomic E-state index is 0.0687. The third kappa shape index (κ3) is 4.35. The molecule has 1 saturated heterocycles. The Labute approximate surface area is 189 Å². The van der Waals surface area contributed by atoms with Crippen LogP contribution in [0.5, 0.6) is 17.2 Å². The molecule has 1 amide bonds. The summed E-state index contributed by atoms with van der Waals surface area (Å²) in [7, 11) is 4.76. The molecule has 0 unspecified atom stereocenters. The Bertz CT molecular complexity index is 1080. The minimum absolute atomic E-state index is 0.0687. The van der Waals surface area contributed by atoms with E-state index < -0.39 is 0 Å². The average molecular weight is 435 g/mol. The number of carbonyl (C=O) groups excluding carboxylic acids is 1. The maximum atomic E-state index is 13.6. The number of ether oxygens (including phenoxy) is 3. The van der Waals surface area contributed by atoms with Crippen molar-refractivity contribution in [1.29, 1.82) is 0 Å². The highest BCUT2D eigenvalue weighted by atomic mass is 16.5. The van der Waals surface area contributed by atoms with Crippen LogP contribution in [0.1, 0.15) is 42.5 Å². The van der Waals surface area contributed by atoms with Crippen molar-refractivity contribution in [1.82, 2.24) is 9.88 Å². The molecule has 4 rings (SSSR count). The van der Waals surface area contributed by atoms with E-state index >= 15 is 0 Å². The van der Waals surface area contributed by atoms with E-state index in [1.807, 2.05) is 47.4 Å². The van der Waals surface area contributed by atoms with Gasteiger partial charge in [-0.1, -0.05) is 37.5 Å². The zero-order chi connectivity index (χ0) is 22.5. The molecule has 6 heteroatoms. The standard InChI is InChI=1S/C26H30N2O4/c1-30-23-15-18(16-24(31-2)25(23)32-3)22-17-20(19-11-7-8-12-21(19)27-22)26(29)28-13-9-5-4-6-10-14-28/h7-8,11-12,15-17H,4-6,9-10,13-14H2,1-3H3. The molecule has 1 aromatic heterocycles. The highest BCUT2D eigenvalue weighted by Gasteiger charge is 2.22. The second-order valence-corrected chi connectivity index (χ2v) is 8.05. The molecule has 0 aliphatic carbocycles. The van der Waals surface area contributed by atoms with Gasteiger partial charge in [0.2, 0.25) is 5.75 Å². The van der Waals surface area contributed by atoms with Gasteiger partial charge >= 0.3 is 0 Å². The number of nitrogens with zero attached hydrogens (tertiary/aromatic N) is 2. The zero-order valence-electron chi connectivity index (χ0n) is 19.0. The van der Waals surface area contributed by atoms with E-state index in [0.717, 1.165) is 42.4 Å². The lowest BCUT2D eigenvalue weighted by atomic mass is 10.0. The summed E-state index contributed by atoms with van der Waals surface area (Å²) in [6.45, 7) is 1.60. The number of rotatable bonds is 5. The van der Waals surface area contributed by atoms with Gasteiger partial charge in [0.05, 0.1) is 38.1 Å². The van der Waals surface area contributed by atoms with Crippen LogP contribution in [0.15, 0.2) is 42.5 Å². The van der Waals surface area contributed by atoms with Gasteiger partial charge in [0.15, 0.2) is 11.5 Å². The minimum Gasteiger partial charge on any atom is -0.493 e. The van der Waals surface area contributed by atoms with E-state index in [9.17, 15) is 4.79 Å². The van der Waals surface area contributed by atoms with Crippen molar-refractivity contribution in [2.75, 3.05) is 34.4 Å². The van der Waals surface area contributed by atoms with Gasteiger partial charge in [-0.2, -0.15) is 0 Å². The van der Waals surface area contributed by atoms with Crippen LogP contribution in [0.4, 0.5) is 0 Å². The van der Waals surface area contributed by atoms with Gasteiger partial charge in [-0.05, 0) is 37.1 Å². The lowest BCUT2D eigenvalue weighted by Gasteiger charge is -2.25. The molecule has 0 atom stereocenters. The number of pyridine rings is 1. The molecule has 3 aromatic rings. The van der Waals surface area contributed by atoms with Gasteiger partial charge in [0.1, 0.15) is 0 Å². The third-order valence-corrected chi connectivity index (χ3v) is 6.05. The summed E-state index contributed by atoms with van der Waals surface area (Å²) in [5.74, 6) is 1.69. The summed E-state index contributed by atoms with van der Waals surface area (Å²) < 4.78 is 16.5. The smallest absolute Gasteiger partial charge is 0.254 e. The van der Waals surface area contributed by atoms with Crippen molar-refractivity contribution < 1.29 is 19.0 Å². The Morgan fingerprint density at radius 2 is 1.47 bits per heavy atom. The molecule has 2 aromatic carbocycles. The van der Waals surface area contributed by atoms with E-state index in [0.29, 0.717) is 28.5 Å². The largest absolute Gasteiger partial charge is 0.493 e. The van der Waals surface area contributed by atoms with Crippen molar-refractivity contribution in [2.24, 2.45) is 0 Å². The third-order valence-electron chi connectivity index (χ3n) is 6.05. The summed E-state index contributed by atoms with van der Waals surface area (Å²) >= 11 is 0. The molecule has 2 heterocycles. The van der Waals surface area contributed by atoms with Crippen LogP contribution in [0.25, 0.3) is 22.2 Å². The SMILES string of the molecule is COc1cc(-c2cc(C(=O)N3CCCCCCC3)c3ccccc3n2)cc(OC)c1OC. The molecule has 0 bridgehead atoms. The van der Waals surface area contributed by atoms with Crippen molar-refractivity contribution in [3.8, 4) is 28.5 Å². The molecular formula is C26H30N2O4. The van der Waals surface area contributed by atoms with Gasteiger partial charge in [-0.15, -0.1) is 0 Å². The molecule has 32 heavy (non-hydrogen) atoms. The molecule has 168 valence electrons. The van der Waals surface area contributed by atoms with Gasteiger partial charge in [-0.3, -0.25) is 4.79 Å². The fraction of sp³-hybridized carbons (Fsp3) is 0.385. The van der Waals surface area contributed by atoms with Crippen LogP contribution in [0.2, 0.25) is 0 Å². The molecule has 0 spiro atoms. The zero-order valence-corrected chi connectivity index (χ0v) is 19.0. The number of benzene rings is 2. The fourth-order valence-corrected chi connectivity index (χ4v) is 4.35. The van der Waals surface area contributed by atoms with E-state index in [2.05, 4.69) is 0 Å². The lowest BCUT2D eigenvalue weighted by Crippen LogP contribution is -2.34. The second-order valence-electron chi connectivity index (χ2n) is 8.05. The van der Waals surface area contributed by atoms with Crippen LogP contribution in [0.3, 0.4) is 0 Å². The number of methoxy groups -OCH3 is 3. The monoisotopic (exact) mass is 434 g/mol. The number of likely N-dealkylation sites (tertiary alicyclic amines) is 1. The fourth-order valence-electron chi connectivity index (χ4n) is 4.35. The maximum Gasteiger partial charge on any atom is 0.254 e. The van der Waals surface area contributed by atoms with Crippen molar-refractivity contribution in [3.05, 3.63) is 48.0 Å². The first-order chi connectivity index (χ1) is 15.7. The van der Waals surface area contributed by atoms with Gasteiger partial charge in [0.25, 0.3) is 5.91 Å². The highest BCUT2D eigenvalue weighted by Crippen LogP contribution is 2.41. The van der Waals surface area contributed by atoms with Gasteiger partial charge < -0.3 is 19.1 Å². The Kier molecular flexibility index (Phi) is 6.78. The molecule has 0 N–H and O–H groups in total. The van der Waals surface area contributed by atoms with E-state index in [1.165, 1.54) is 19.3 Å². The molecule has 0 saturated carbocycles. The molecule has 6 nitrogen and oxygen atoms in total. The predicted molar refractivity (Wildman–Crippen MR) is 126 cm³/mol. The quantitative estimate of drug-likeness (QED) is 0.543. The number of para-hydroxylation sites is 1. The second kappa shape index (κ2) is 9.90. The number of aromatic nitrogens is 1. The number of hydrogen-bond acceptors (Lipinski definition) is 5.